The van der Waals surface area contributed by atoms with Crippen LogP contribution in [0.1, 0.15) is 35.1 Å². The number of carbonyl (C=O) groups is 2. The van der Waals surface area contributed by atoms with Crippen molar-refractivity contribution in [2.24, 2.45) is 0 Å². The third kappa shape index (κ3) is 5.50. The Morgan fingerprint density at radius 3 is 2.66 bits per heavy atom. The van der Waals surface area contributed by atoms with Gasteiger partial charge in [-0.15, -0.1) is 11.8 Å². The van der Waals surface area contributed by atoms with Gasteiger partial charge in [-0.1, -0.05) is 6.07 Å². The van der Waals surface area contributed by atoms with Crippen LogP contribution in [0.2, 0.25) is 0 Å². The largest absolute Gasteiger partial charge is 0.326 e. The van der Waals surface area contributed by atoms with Gasteiger partial charge in [-0.05, 0) is 73.7 Å². The number of nitrogens with zero attached hydrogens (tertiary/aromatic N) is 2. The number of ketones is 1. The highest BCUT2D eigenvalue weighted by atomic mass is 32.2. The highest BCUT2D eigenvalue weighted by Gasteiger charge is 2.07. The Bertz CT molecular complexity index is 1260. The van der Waals surface area contributed by atoms with Crippen LogP contribution < -0.4 is 5.32 Å². The standard InChI is InChI=1S/C25H22N4O2S/c1-17(30)18-5-7-20(8-6-18)27-25(31)13-15-32-21-10-11-22-23(28-29-24(22)16-21)12-9-19-4-2-3-14-26-19/h2-12,14,16H,13,15H2,1H3,(H,27,31)(H,28,29). The van der Waals surface area contributed by atoms with Crippen LogP contribution in [0, 0.1) is 0 Å². The average Bonchev–Trinajstić information content (AvgIpc) is 3.21. The number of pyridine rings is 1. The minimum absolute atomic E-state index is 0.00450. The number of benzene rings is 2. The van der Waals surface area contributed by atoms with Crippen LogP contribution >= 0.6 is 11.8 Å². The van der Waals surface area contributed by atoms with E-state index >= 15 is 0 Å². The first-order valence-corrected chi connectivity index (χ1v) is 11.2. The van der Waals surface area contributed by atoms with E-state index < -0.39 is 0 Å². The molecule has 2 N–H and O–H groups in total. The van der Waals surface area contributed by atoms with Crippen LogP contribution in [-0.4, -0.2) is 32.6 Å². The Morgan fingerprint density at radius 2 is 1.91 bits per heavy atom. The number of thioether (sulfide) groups is 1. The molecule has 2 aromatic carbocycles. The van der Waals surface area contributed by atoms with E-state index in [1.807, 2.05) is 48.6 Å². The molecule has 0 bridgehead atoms. The second kappa shape index (κ2) is 10.1. The van der Waals surface area contributed by atoms with Crippen molar-refractivity contribution in [3.63, 3.8) is 0 Å². The van der Waals surface area contributed by atoms with Crippen LogP contribution in [-0.2, 0) is 4.79 Å². The van der Waals surface area contributed by atoms with Crippen LogP contribution in [0.3, 0.4) is 0 Å². The van der Waals surface area contributed by atoms with E-state index in [1.54, 1.807) is 42.2 Å². The number of Topliss-reactive ketones (excluding diaryl/α,β-unsaturated/α-hetero) is 1. The molecule has 2 aromatic heterocycles. The summed E-state index contributed by atoms with van der Waals surface area (Å²) in [6.45, 7) is 1.52. The number of rotatable bonds is 8. The lowest BCUT2D eigenvalue weighted by Crippen LogP contribution is -2.12. The summed E-state index contributed by atoms with van der Waals surface area (Å²) in [5.41, 5.74) is 4.00. The van der Waals surface area contributed by atoms with Gasteiger partial charge in [0.05, 0.1) is 16.9 Å². The smallest absolute Gasteiger partial charge is 0.225 e. The minimum atomic E-state index is -0.0577. The van der Waals surface area contributed by atoms with Gasteiger partial charge in [-0.25, -0.2) is 0 Å². The Morgan fingerprint density at radius 1 is 1.06 bits per heavy atom. The quantitative estimate of drug-likeness (QED) is 0.280. The maximum atomic E-state index is 12.2. The number of amides is 1. The van der Waals surface area contributed by atoms with Crippen molar-refractivity contribution in [3.05, 3.63) is 83.8 Å². The lowest BCUT2D eigenvalue weighted by atomic mass is 10.1. The van der Waals surface area contributed by atoms with E-state index in [2.05, 4.69) is 20.5 Å². The zero-order valence-corrected chi connectivity index (χ0v) is 18.4. The Balaban J connectivity index is 1.31. The molecule has 0 atom stereocenters. The highest BCUT2D eigenvalue weighted by molar-refractivity contribution is 7.99. The molecule has 7 heteroatoms. The van der Waals surface area contributed by atoms with Crippen molar-refractivity contribution in [2.45, 2.75) is 18.2 Å². The zero-order valence-electron chi connectivity index (χ0n) is 17.5. The summed E-state index contributed by atoms with van der Waals surface area (Å²) in [5.74, 6) is 0.603. The fraction of sp³-hybridized carbons (Fsp3) is 0.120. The monoisotopic (exact) mass is 442 g/mol. The van der Waals surface area contributed by atoms with Gasteiger partial charge in [0.15, 0.2) is 5.78 Å². The van der Waals surface area contributed by atoms with E-state index in [9.17, 15) is 9.59 Å². The molecule has 0 fully saturated rings. The van der Waals surface area contributed by atoms with Gasteiger partial charge in [0, 0.05) is 39.9 Å². The minimum Gasteiger partial charge on any atom is -0.326 e. The molecule has 0 saturated heterocycles. The summed E-state index contributed by atoms with van der Waals surface area (Å²) in [5, 5.41) is 11.4. The summed E-state index contributed by atoms with van der Waals surface area (Å²) < 4.78 is 0. The molecule has 4 rings (SSSR count). The van der Waals surface area contributed by atoms with Gasteiger partial charge >= 0.3 is 0 Å². The number of hydrogen-bond donors (Lipinski definition) is 2. The molecule has 4 aromatic rings. The molecule has 0 unspecified atom stereocenters. The molecule has 0 spiro atoms. The molecule has 0 aliphatic carbocycles. The van der Waals surface area contributed by atoms with Crippen molar-refractivity contribution >= 4 is 52.2 Å². The molecule has 0 aliphatic rings. The van der Waals surface area contributed by atoms with Crippen LogP contribution in [0.4, 0.5) is 5.69 Å². The molecule has 0 saturated carbocycles. The summed E-state index contributed by atoms with van der Waals surface area (Å²) in [7, 11) is 0. The molecule has 2 heterocycles. The molecule has 6 nitrogen and oxygen atoms in total. The molecular weight excluding hydrogens is 420 g/mol. The highest BCUT2D eigenvalue weighted by Crippen LogP contribution is 2.25. The Hall–Kier alpha value is -3.71. The molecule has 0 aliphatic heterocycles. The number of aromatic amines is 1. The summed E-state index contributed by atoms with van der Waals surface area (Å²) in [6.07, 6.45) is 6.03. The number of fused-ring (bicyclic) bond motifs is 1. The van der Waals surface area contributed by atoms with Crippen LogP contribution in [0.15, 0.2) is 71.8 Å². The third-order valence-corrected chi connectivity index (χ3v) is 5.83. The van der Waals surface area contributed by atoms with Gasteiger partial charge in [0.2, 0.25) is 5.91 Å². The lowest BCUT2D eigenvalue weighted by Gasteiger charge is -2.06. The van der Waals surface area contributed by atoms with Crippen molar-refractivity contribution < 1.29 is 9.59 Å². The first kappa shape index (κ1) is 21.5. The predicted molar refractivity (Wildman–Crippen MR) is 130 cm³/mol. The first-order valence-electron chi connectivity index (χ1n) is 10.2. The second-order valence-corrected chi connectivity index (χ2v) is 8.35. The molecule has 0 radical (unpaired) electrons. The Kier molecular flexibility index (Phi) is 6.77. The molecule has 160 valence electrons. The van der Waals surface area contributed by atoms with Crippen molar-refractivity contribution in [1.29, 1.82) is 0 Å². The number of anilines is 1. The lowest BCUT2D eigenvalue weighted by molar-refractivity contribution is -0.115. The van der Waals surface area contributed by atoms with E-state index in [-0.39, 0.29) is 11.7 Å². The van der Waals surface area contributed by atoms with E-state index in [1.165, 1.54) is 6.92 Å². The zero-order chi connectivity index (χ0) is 22.3. The molecular formula is C25H22N4O2S. The Labute approximate surface area is 190 Å². The summed E-state index contributed by atoms with van der Waals surface area (Å²) in [4.78, 5) is 28.9. The first-order chi connectivity index (χ1) is 15.6. The van der Waals surface area contributed by atoms with Crippen molar-refractivity contribution in [2.75, 3.05) is 11.1 Å². The maximum Gasteiger partial charge on any atom is 0.225 e. The van der Waals surface area contributed by atoms with E-state index in [0.717, 1.165) is 27.2 Å². The number of nitrogens with one attached hydrogen (secondary N) is 2. The van der Waals surface area contributed by atoms with Gasteiger partial charge in [0.1, 0.15) is 0 Å². The van der Waals surface area contributed by atoms with Crippen LogP contribution in [0.25, 0.3) is 23.1 Å². The number of H-pyrrole nitrogens is 1. The second-order valence-electron chi connectivity index (χ2n) is 7.18. The SMILES string of the molecule is CC(=O)c1ccc(NC(=O)CCSc2ccc3c(C=Cc4ccccn4)n[nH]c3c2)cc1. The van der Waals surface area contributed by atoms with Crippen LogP contribution in [0.5, 0.6) is 0 Å². The van der Waals surface area contributed by atoms with Crippen molar-refractivity contribution in [1.82, 2.24) is 15.2 Å². The van der Waals surface area contributed by atoms with Gasteiger partial charge in [-0.2, -0.15) is 5.10 Å². The number of carbonyl (C=O) groups excluding carboxylic acids is 2. The van der Waals surface area contributed by atoms with E-state index in [0.29, 0.717) is 23.4 Å². The normalized spacial score (nSPS) is 11.2. The fourth-order valence-corrected chi connectivity index (χ4v) is 4.04. The summed E-state index contributed by atoms with van der Waals surface area (Å²) in [6, 6.07) is 18.8. The van der Waals surface area contributed by atoms with E-state index in [4.69, 9.17) is 0 Å². The molecule has 1 amide bonds. The number of hydrogen-bond acceptors (Lipinski definition) is 5. The van der Waals surface area contributed by atoms with Gasteiger partial charge in [-0.3, -0.25) is 19.7 Å². The fourth-order valence-electron chi connectivity index (χ4n) is 3.15. The third-order valence-electron chi connectivity index (χ3n) is 4.84. The average molecular weight is 443 g/mol. The number of aromatic nitrogens is 3. The van der Waals surface area contributed by atoms with Crippen molar-refractivity contribution in [3.8, 4) is 0 Å². The molecule has 32 heavy (non-hydrogen) atoms. The topological polar surface area (TPSA) is 87.7 Å². The summed E-state index contributed by atoms with van der Waals surface area (Å²) >= 11 is 1.62. The van der Waals surface area contributed by atoms with Gasteiger partial charge < -0.3 is 5.32 Å². The predicted octanol–water partition coefficient (Wildman–Crippen LogP) is 5.45. The van der Waals surface area contributed by atoms with Gasteiger partial charge in [0.25, 0.3) is 0 Å². The maximum absolute atomic E-state index is 12.2.